The molecule has 1 aliphatic heterocycles. The fourth-order valence-electron chi connectivity index (χ4n) is 4.58. The maximum absolute atomic E-state index is 14.5. The number of hydrogen-bond donors (Lipinski definition) is 1. The van der Waals surface area contributed by atoms with Gasteiger partial charge in [-0.05, 0) is 60.5 Å². The molecule has 42 heavy (non-hydrogen) atoms. The highest BCUT2D eigenvalue weighted by Crippen LogP contribution is 2.39. The molecule has 0 aromatic heterocycles. The molecule has 3 aromatic rings. The minimum atomic E-state index is -4.75. The van der Waals surface area contributed by atoms with Gasteiger partial charge in [0, 0.05) is 32.2 Å². The summed E-state index contributed by atoms with van der Waals surface area (Å²) in [5.74, 6) is -0.548. The van der Waals surface area contributed by atoms with Crippen LogP contribution in [0, 0.1) is 5.82 Å². The van der Waals surface area contributed by atoms with E-state index in [9.17, 15) is 34.4 Å². The Morgan fingerprint density at radius 1 is 1.02 bits per heavy atom. The highest BCUT2D eigenvalue weighted by Gasteiger charge is 2.35. The number of fused-ring (bicyclic) bond motifs is 1. The van der Waals surface area contributed by atoms with Gasteiger partial charge >= 0.3 is 6.18 Å². The zero-order valence-corrected chi connectivity index (χ0v) is 24.8. The molecule has 2 N–H and O–H groups in total. The largest absolute Gasteiger partial charge is 0.416 e. The molecule has 226 valence electrons. The van der Waals surface area contributed by atoms with Gasteiger partial charge in [0.05, 0.1) is 33.4 Å². The topological polar surface area (TPSA) is 104 Å². The highest BCUT2D eigenvalue weighted by atomic mass is 35.5. The molecule has 0 atom stereocenters. The van der Waals surface area contributed by atoms with Crippen LogP contribution in [0.5, 0.6) is 0 Å². The van der Waals surface area contributed by atoms with Crippen LogP contribution in [0.3, 0.4) is 0 Å². The van der Waals surface area contributed by atoms with Gasteiger partial charge in [0.15, 0.2) is 0 Å². The second-order valence-electron chi connectivity index (χ2n) is 9.63. The average molecular weight is 647 g/mol. The van der Waals surface area contributed by atoms with Crippen molar-refractivity contribution in [2.45, 2.75) is 18.0 Å². The van der Waals surface area contributed by atoms with Gasteiger partial charge in [0.25, 0.3) is 20.2 Å². The molecule has 1 aliphatic rings. The van der Waals surface area contributed by atoms with E-state index in [2.05, 4.69) is 0 Å². The molecule has 15 heteroatoms. The van der Waals surface area contributed by atoms with Crippen molar-refractivity contribution in [3.63, 3.8) is 0 Å². The van der Waals surface area contributed by atoms with Crippen molar-refractivity contribution in [3.8, 4) is 0 Å². The molecule has 0 amide bonds. The van der Waals surface area contributed by atoms with Gasteiger partial charge in [-0.1, -0.05) is 35.9 Å². The molecule has 8 nitrogen and oxygen atoms in total. The van der Waals surface area contributed by atoms with Crippen molar-refractivity contribution in [2.75, 3.05) is 42.4 Å². The summed E-state index contributed by atoms with van der Waals surface area (Å²) in [4.78, 5) is 1.21. The van der Waals surface area contributed by atoms with Gasteiger partial charge in [0.2, 0.25) is 0 Å². The van der Waals surface area contributed by atoms with E-state index in [1.807, 2.05) is 0 Å². The van der Waals surface area contributed by atoms with Crippen LogP contribution in [0.4, 0.5) is 28.9 Å². The van der Waals surface area contributed by atoms with Crippen LogP contribution in [0.25, 0.3) is 11.6 Å². The maximum atomic E-state index is 14.5. The molecule has 0 spiro atoms. The van der Waals surface area contributed by atoms with E-state index >= 15 is 0 Å². The number of sulfonamides is 1. The Morgan fingerprint density at radius 2 is 1.71 bits per heavy atom. The smallest absolute Gasteiger partial charge is 0.367 e. The number of likely N-dealkylation sites (N-methyl/N-ethyl adjacent to an activating group) is 1. The number of rotatable bonds is 8. The van der Waals surface area contributed by atoms with Crippen LogP contribution in [-0.4, -0.2) is 54.4 Å². The van der Waals surface area contributed by atoms with Gasteiger partial charge in [-0.3, -0.25) is 4.31 Å². The average Bonchev–Trinajstić information content (AvgIpc) is 2.90. The molecule has 0 unspecified atom stereocenters. The number of alkyl halides is 3. The summed E-state index contributed by atoms with van der Waals surface area (Å²) in [6.45, 7) is 1.75. The Balaban J connectivity index is 1.80. The molecule has 0 saturated carbocycles. The molecule has 0 fully saturated rings. The first-order valence-corrected chi connectivity index (χ1v) is 15.8. The molecule has 4 rings (SSSR count). The SMILES string of the molecule is C/C(=C\c1ccc2c(c1)N(S(=O)(=O)c1cccc(C(F)(F)F)c1)CCN2CCN(C)S(N)(=O)=O)c1c(F)cccc1Cl. The summed E-state index contributed by atoms with van der Waals surface area (Å²) in [7, 11) is -7.13. The first kappa shape index (κ1) is 31.8. The minimum Gasteiger partial charge on any atom is -0.367 e. The normalized spacial score (nSPS) is 14.8. The Labute approximate surface area is 246 Å². The maximum Gasteiger partial charge on any atom is 0.416 e. The number of anilines is 2. The summed E-state index contributed by atoms with van der Waals surface area (Å²) in [6, 6.07) is 12.5. The quantitative estimate of drug-likeness (QED) is 0.267. The molecule has 1 heterocycles. The molecule has 3 aromatic carbocycles. The lowest BCUT2D eigenvalue weighted by Gasteiger charge is -2.39. The molecule has 0 saturated heterocycles. The number of benzene rings is 3. The van der Waals surface area contributed by atoms with Gasteiger partial charge < -0.3 is 4.90 Å². The Hall–Kier alpha value is -3.17. The van der Waals surface area contributed by atoms with Crippen molar-refractivity contribution in [3.05, 3.63) is 88.2 Å². The summed E-state index contributed by atoms with van der Waals surface area (Å²) < 4.78 is 107. The Kier molecular flexibility index (Phi) is 8.95. The van der Waals surface area contributed by atoms with Crippen molar-refractivity contribution in [1.82, 2.24) is 4.31 Å². The van der Waals surface area contributed by atoms with Gasteiger partial charge in [-0.25, -0.2) is 17.9 Å². The van der Waals surface area contributed by atoms with Crippen LogP contribution in [0.1, 0.15) is 23.6 Å². The zero-order chi connectivity index (χ0) is 31.0. The van der Waals surface area contributed by atoms with E-state index in [4.69, 9.17) is 16.7 Å². The lowest BCUT2D eigenvalue weighted by molar-refractivity contribution is -0.137. The second-order valence-corrected chi connectivity index (χ2v) is 13.6. The van der Waals surface area contributed by atoms with Crippen molar-refractivity contribution in [1.29, 1.82) is 0 Å². The van der Waals surface area contributed by atoms with Crippen molar-refractivity contribution < 1.29 is 34.4 Å². The van der Waals surface area contributed by atoms with E-state index in [0.29, 0.717) is 22.9 Å². The third-order valence-electron chi connectivity index (χ3n) is 6.79. The summed E-state index contributed by atoms with van der Waals surface area (Å²) in [6.07, 6.45) is -3.14. The second kappa shape index (κ2) is 11.8. The van der Waals surface area contributed by atoms with Crippen molar-refractivity contribution in [2.24, 2.45) is 5.14 Å². The van der Waals surface area contributed by atoms with E-state index in [1.54, 1.807) is 30.0 Å². The first-order chi connectivity index (χ1) is 19.5. The fourth-order valence-corrected chi connectivity index (χ4v) is 6.73. The minimum absolute atomic E-state index is 0.00873. The number of hydrogen-bond acceptors (Lipinski definition) is 5. The number of nitrogens with zero attached hydrogens (tertiary/aromatic N) is 3. The van der Waals surface area contributed by atoms with Crippen LogP contribution in [-0.2, 0) is 26.4 Å². The Morgan fingerprint density at radius 3 is 2.36 bits per heavy atom. The number of allylic oxidation sites excluding steroid dienone is 1. The van der Waals surface area contributed by atoms with Gasteiger partial charge in [0.1, 0.15) is 5.82 Å². The molecular weight excluding hydrogens is 620 g/mol. The van der Waals surface area contributed by atoms with Crippen molar-refractivity contribution >= 4 is 54.9 Å². The molecule has 0 aliphatic carbocycles. The highest BCUT2D eigenvalue weighted by molar-refractivity contribution is 7.92. The fraction of sp³-hybridized carbons (Fsp3) is 0.259. The van der Waals surface area contributed by atoms with E-state index in [0.717, 1.165) is 26.8 Å². The standard InChI is InChI=1S/C27H27ClF4N4O4S2/c1-18(26-22(28)7-4-8-23(26)29)15-19-9-10-24-25(16-19)36(14-13-35(24)12-11-34(2)42(33,39)40)41(37,38)21-6-3-5-20(17-21)27(30,31)32/h3-10,15-17H,11-14H2,1-2H3,(H2,33,39,40)/b18-15+. The van der Waals surface area contributed by atoms with E-state index in [-0.39, 0.29) is 42.5 Å². The van der Waals surface area contributed by atoms with E-state index < -0.39 is 42.7 Å². The third-order valence-corrected chi connectivity index (χ3v) is 9.97. The first-order valence-electron chi connectivity index (χ1n) is 12.5. The van der Waals surface area contributed by atoms with Gasteiger partial charge in [-0.15, -0.1) is 0 Å². The van der Waals surface area contributed by atoms with Crippen LogP contribution >= 0.6 is 11.6 Å². The monoisotopic (exact) mass is 646 g/mol. The summed E-state index contributed by atoms with van der Waals surface area (Å²) in [5.41, 5.74) is 0.531. The van der Waals surface area contributed by atoms with Crippen LogP contribution < -0.4 is 14.3 Å². The predicted octanol–water partition coefficient (Wildman–Crippen LogP) is 5.21. The lowest BCUT2D eigenvalue weighted by Crippen LogP contribution is -2.47. The molecule has 0 radical (unpaired) electrons. The van der Waals surface area contributed by atoms with Crippen LogP contribution in [0.2, 0.25) is 5.02 Å². The van der Waals surface area contributed by atoms with E-state index in [1.165, 1.54) is 31.3 Å². The third kappa shape index (κ3) is 6.73. The van der Waals surface area contributed by atoms with Gasteiger partial charge in [-0.2, -0.15) is 25.9 Å². The van der Waals surface area contributed by atoms with Crippen LogP contribution in [0.15, 0.2) is 65.6 Å². The Bertz CT molecular complexity index is 1730. The lowest BCUT2D eigenvalue weighted by atomic mass is 10.0. The summed E-state index contributed by atoms with van der Waals surface area (Å²) >= 11 is 6.20. The summed E-state index contributed by atoms with van der Waals surface area (Å²) in [5, 5.41) is 5.36. The molecule has 0 bridgehead atoms. The predicted molar refractivity (Wildman–Crippen MR) is 155 cm³/mol. The number of halogens is 5. The zero-order valence-electron chi connectivity index (χ0n) is 22.4. The number of nitrogens with two attached hydrogens (primary N) is 1. The molecular formula is C27H27ClF4N4O4S2.